The average molecular weight is 367 g/mol. The molecule has 8 nitrogen and oxygen atoms in total. The quantitative estimate of drug-likeness (QED) is 0.414. The van der Waals surface area contributed by atoms with Crippen molar-refractivity contribution in [2.45, 2.75) is 52.1 Å². The molecule has 1 heterocycles. The number of hydrogen-bond acceptors (Lipinski definition) is 5. The summed E-state index contributed by atoms with van der Waals surface area (Å²) >= 11 is 0. The van der Waals surface area contributed by atoms with Gasteiger partial charge in [0.1, 0.15) is 6.04 Å². The minimum atomic E-state index is -0.757. The highest BCUT2D eigenvalue weighted by Crippen LogP contribution is 2.17. The largest absolute Gasteiger partial charge is 0.467 e. The third-order valence-corrected chi connectivity index (χ3v) is 4.08. The predicted molar refractivity (Wildman–Crippen MR) is 96.3 cm³/mol. The molecule has 0 aromatic carbocycles. The Hall–Kier alpha value is -2.38. The first-order valence-electron chi connectivity index (χ1n) is 8.84. The van der Waals surface area contributed by atoms with E-state index in [1.807, 2.05) is 13.8 Å². The maximum atomic E-state index is 12.3. The van der Waals surface area contributed by atoms with Crippen molar-refractivity contribution < 1.29 is 23.9 Å². The van der Waals surface area contributed by atoms with Gasteiger partial charge in [-0.2, -0.15) is 0 Å². The number of carbonyl (C=O) groups excluding carboxylic acids is 4. The standard InChI is InChI=1S/C18H29N3O5/c1-11(2)9-15(17(24)26-4)21-18(25)20-14(6-5-12(3)22)10-13-7-8-19-16(13)23/h5-6,11,13-15H,7-10H2,1-4H3,(H,19,23)(H2,20,21,25)/b6-5+. The fourth-order valence-corrected chi connectivity index (χ4v) is 2.81. The molecule has 0 aromatic heterocycles. The second-order valence-corrected chi connectivity index (χ2v) is 6.91. The first-order valence-corrected chi connectivity index (χ1v) is 8.84. The van der Waals surface area contributed by atoms with E-state index in [1.165, 1.54) is 20.1 Å². The molecule has 3 unspecified atom stereocenters. The number of urea groups is 1. The van der Waals surface area contributed by atoms with E-state index in [2.05, 4.69) is 16.0 Å². The Bertz CT molecular complexity index is 559. The van der Waals surface area contributed by atoms with Crippen LogP contribution in [0.2, 0.25) is 0 Å². The lowest BCUT2D eigenvalue weighted by atomic mass is 9.98. The van der Waals surface area contributed by atoms with Crippen LogP contribution in [0.25, 0.3) is 0 Å². The summed E-state index contributed by atoms with van der Waals surface area (Å²) in [4.78, 5) is 47.1. The molecule has 1 aliphatic heterocycles. The second kappa shape index (κ2) is 10.6. The molecule has 1 rings (SSSR count). The summed E-state index contributed by atoms with van der Waals surface area (Å²) in [5, 5.41) is 8.08. The number of ether oxygens (including phenoxy) is 1. The first kappa shape index (κ1) is 21.7. The van der Waals surface area contributed by atoms with Gasteiger partial charge in [0.15, 0.2) is 5.78 Å². The van der Waals surface area contributed by atoms with Crippen LogP contribution < -0.4 is 16.0 Å². The van der Waals surface area contributed by atoms with Gasteiger partial charge < -0.3 is 20.7 Å². The van der Waals surface area contributed by atoms with Crippen LogP contribution in [-0.2, 0) is 19.1 Å². The summed E-state index contributed by atoms with van der Waals surface area (Å²) in [5.41, 5.74) is 0. The maximum absolute atomic E-state index is 12.3. The fourth-order valence-electron chi connectivity index (χ4n) is 2.81. The van der Waals surface area contributed by atoms with Gasteiger partial charge in [-0.15, -0.1) is 0 Å². The van der Waals surface area contributed by atoms with Crippen molar-refractivity contribution in [3.63, 3.8) is 0 Å². The lowest BCUT2D eigenvalue weighted by Gasteiger charge is -2.22. The molecule has 1 fully saturated rings. The summed E-state index contributed by atoms with van der Waals surface area (Å²) in [6.07, 6.45) is 4.45. The molecule has 0 aromatic rings. The monoisotopic (exact) mass is 367 g/mol. The zero-order valence-electron chi connectivity index (χ0n) is 15.8. The Labute approximate surface area is 154 Å². The molecular formula is C18H29N3O5. The lowest BCUT2D eigenvalue weighted by Crippen LogP contribution is -2.49. The third-order valence-electron chi connectivity index (χ3n) is 4.08. The summed E-state index contributed by atoms with van der Waals surface area (Å²) < 4.78 is 4.73. The van der Waals surface area contributed by atoms with Crippen molar-refractivity contribution in [2.24, 2.45) is 11.8 Å². The van der Waals surface area contributed by atoms with Gasteiger partial charge in [-0.1, -0.05) is 19.9 Å². The minimum absolute atomic E-state index is 0.0549. The number of esters is 1. The van der Waals surface area contributed by atoms with Crippen LogP contribution in [0.4, 0.5) is 4.79 Å². The van der Waals surface area contributed by atoms with Crippen LogP contribution in [0, 0.1) is 11.8 Å². The van der Waals surface area contributed by atoms with Gasteiger partial charge in [-0.3, -0.25) is 9.59 Å². The number of ketones is 1. The molecule has 0 saturated carbocycles. The van der Waals surface area contributed by atoms with Crippen molar-refractivity contribution >= 4 is 23.7 Å². The van der Waals surface area contributed by atoms with E-state index in [0.29, 0.717) is 25.8 Å². The Morgan fingerprint density at radius 2 is 2.00 bits per heavy atom. The maximum Gasteiger partial charge on any atom is 0.328 e. The van der Waals surface area contributed by atoms with Crippen LogP contribution in [0.15, 0.2) is 12.2 Å². The molecule has 0 spiro atoms. The molecule has 146 valence electrons. The molecular weight excluding hydrogens is 338 g/mol. The SMILES string of the molecule is COC(=O)C(CC(C)C)NC(=O)NC(/C=C/C(C)=O)CC1CCNC1=O. The average Bonchev–Trinajstić information content (AvgIpc) is 2.95. The molecule has 0 radical (unpaired) electrons. The van der Waals surface area contributed by atoms with Gasteiger partial charge in [0, 0.05) is 12.5 Å². The number of hydrogen-bond donors (Lipinski definition) is 3. The Balaban J connectivity index is 2.74. The molecule has 0 bridgehead atoms. The summed E-state index contributed by atoms with van der Waals surface area (Å²) in [6.45, 7) is 5.89. The minimum Gasteiger partial charge on any atom is -0.467 e. The first-order chi connectivity index (χ1) is 12.2. The Kier molecular flexibility index (Phi) is 8.81. The highest BCUT2D eigenvalue weighted by molar-refractivity contribution is 5.88. The van der Waals surface area contributed by atoms with E-state index in [0.717, 1.165) is 0 Å². The number of amides is 3. The summed E-state index contributed by atoms with van der Waals surface area (Å²) in [5.74, 6) is -0.750. The van der Waals surface area contributed by atoms with Gasteiger partial charge in [0.2, 0.25) is 5.91 Å². The third kappa shape index (κ3) is 7.67. The number of carbonyl (C=O) groups is 4. The number of nitrogens with one attached hydrogen (secondary N) is 3. The number of methoxy groups -OCH3 is 1. The molecule has 3 atom stereocenters. The Morgan fingerprint density at radius 3 is 2.50 bits per heavy atom. The highest BCUT2D eigenvalue weighted by Gasteiger charge is 2.28. The van der Waals surface area contributed by atoms with Gasteiger partial charge in [0.25, 0.3) is 0 Å². The van der Waals surface area contributed by atoms with Gasteiger partial charge >= 0.3 is 12.0 Å². The van der Waals surface area contributed by atoms with Gasteiger partial charge in [-0.05, 0) is 38.2 Å². The lowest BCUT2D eigenvalue weighted by molar-refractivity contribution is -0.143. The molecule has 1 aliphatic rings. The van der Waals surface area contributed by atoms with Crippen LogP contribution >= 0.6 is 0 Å². The zero-order valence-corrected chi connectivity index (χ0v) is 15.8. The fraction of sp³-hybridized carbons (Fsp3) is 0.667. The molecule has 3 N–H and O–H groups in total. The van der Waals surface area contributed by atoms with Crippen molar-refractivity contribution in [2.75, 3.05) is 13.7 Å². The Morgan fingerprint density at radius 1 is 1.31 bits per heavy atom. The predicted octanol–water partition coefficient (Wildman–Crippen LogP) is 0.913. The van der Waals surface area contributed by atoms with E-state index < -0.39 is 24.1 Å². The van der Waals surface area contributed by atoms with Gasteiger partial charge in [0.05, 0.1) is 13.2 Å². The summed E-state index contributed by atoms with van der Waals surface area (Å²) in [7, 11) is 1.27. The molecule has 3 amide bonds. The zero-order chi connectivity index (χ0) is 19.7. The second-order valence-electron chi connectivity index (χ2n) is 6.91. The highest BCUT2D eigenvalue weighted by atomic mass is 16.5. The molecule has 1 saturated heterocycles. The van der Waals surface area contributed by atoms with E-state index >= 15 is 0 Å². The van der Waals surface area contributed by atoms with Crippen LogP contribution in [0.1, 0.15) is 40.0 Å². The van der Waals surface area contributed by atoms with E-state index in [-0.39, 0.29) is 23.5 Å². The van der Waals surface area contributed by atoms with E-state index in [4.69, 9.17) is 4.74 Å². The summed E-state index contributed by atoms with van der Waals surface area (Å²) in [6, 6.07) is -1.80. The van der Waals surface area contributed by atoms with E-state index in [9.17, 15) is 19.2 Å². The molecule has 8 heteroatoms. The topological polar surface area (TPSA) is 114 Å². The van der Waals surface area contributed by atoms with Crippen molar-refractivity contribution in [1.29, 1.82) is 0 Å². The normalized spacial score (nSPS) is 19.1. The van der Waals surface area contributed by atoms with Crippen LogP contribution in [0.3, 0.4) is 0 Å². The number of rotatable bonds is 9. The molecule has 26 heavy (non-hydrogen) atoms. The van der Waals surface area contributed by atoms with Crippen molar-refractivity contribution in [3.05, 3.63) is 12.2 Å². The molecule has 0 aliphatic carbocycles. The van der Waals surface area contributed by atoms with Crippen LogP contribution in [-0.4, -0.2) is 49.4 Å². The van der Waals surface area contributed by atoms with E-state index in [1.54, 1.807) is 6.08 Å². The van der Waals surface area contributed by atoms with Crippen molar-refractivity contribution in [3.8, 4) is 0 Å². The van der Waals surface area contributed by atoms with Crippen LogP contribution in [0.5, 0.6) is 0 Å². The van der Waals surface area contributed by atoms with Crippen molar-refractivity contribution in [1.82, 2.24) is 16.0 Å². The smallest absolute Gasteiger partial charge is 0.328 e. The van der Waals surface area contributed by atoms with Gasteiger partial charge in [-0.25, -0.2) is 9.59 Å². The number of allylic oxidation sites excluding steroid dienone is 1.